The lowest BCUT2D eigenvalue weighted by Gasteiger charge is -2.23. The van der Waals surface area contributed by atoms with Crippen LogP contribution in [0.5, 0.6) is 0 Å². The number of aromatic amines is 1. The average Bonchev–Trinajstić information content (AvgIpc) is 3.50. The quantitative estimate of drug-likeness (QED) is 0.321. The number of alkyl halides is 2. The van der Waals surface area contributed by atoms with Crippen LogP contribution < -0.4 is 22.3 Å². The number of aromatic nitrogens is 6. The van der Waals surface area contributed by atoms with Gasteiger partial charge >= 0.3 is 0 Å². The van der Waals surface area contributed by atoms with Crippen molar-refractivity contribution in [2.75, 3.05) is 16.8 Å². The molecule has 6 N–H and O–H groups in total. The summed E-state index contributed by atoms with van der Waals surface area (Å²) in [6, 6.07) is 4.14. The second-order valence-corrected chi connectivity index (χ2v) is 8.01. The maximum Gasteiger partial charge on any atom is 0.267 e. The van der Waals surface area contributed by atoms with E-state index in [1.54, 1.807) is 0 Å². The number of anilines is 3. The molecule has 3 aromatic heterocycles. The number of hydrogen-bond donors (Lipinski definition) is 4. The summed E-state index contributed by atoms with van der Waals surface area (Å²) in [5, 5.41) is 18.8. The first-order valence-electron chi connectivity index (χ1n) is 10.4. The lowest BCUT2D eigenvalue weighted by Crippen LogP contribution is -2.30. The Morgan fingerprint density at radius 1 is 1.23 bits per heavy atom. The number of nitrogen functional groups attached to an aromatic ring is 2. The molecule has 0 amide bonds. The van der Waals surface area contributed by atoms with Gasteiger partial charge < -0.3 is 16.8 Å². The molecule has 1 atom stereocenters. The third-order valence-electron chi connectivity index (χ3n) is 5.69. The molecule has 14 heteroatoms. The molecule has 4 aromatic rings. The Morgan fingerprint density at radius 3 is 2.63 bits per heavy atom. The van der Waals surface area contributed by atoms with E-state index in [4.69, 9.17) is 11.5 Å². The van der Waals surface area contributed by atoms with Crippen LogP contribution in [0, 0.1) is 23.1 Å². The predicted octanol–water partition coefficient (Wildman–Crippen LogP) is 2.57. The van der Waals surface area contributed by atoms with Crippen molar-refractivity contribution in [3.63, 3.8) is 0 Å². The van der Waals surface area contributed by atoms with Gasteiger partial charge in [0.2, 0.25) is 5.95 Å². The van der Waals surface area contributed by atoms with Crippen molar-refractivity contribution in [2.24, 2.45) is 5.92 Å². The molecule has 0 saturated heterocycles. The number of nitrogens with one attached hydrogen (secondary N) is 2. The van der Waals surface area contributed by atoms with Gasteiger partial charge in [-0.05, 0) is 30.9 Å². The Hall–Kier alpha value is -4.67. The van der Waals surface area contributed by atoms with Crippen molar-refractivity contribution in [3.05, 3.63) is 57.5 Å². The minimum atomic E-state index is -3.07. The fourth-order valence-electron chi connectivity index (χ4n) is 3.96. The number of nitriles is 1. The highest BCUT2D eigenvalue weighted by molar-refractivity contribution is 5.82. The Labute approximate surface area is 194 Å². The number of halogens is 3. The van der Waals surface area contributed by atoms with Crippen molar-refractivity contribution in [2.45, 2.75) is 25.3 Å². The molecule has 1 aromatic carbocycles. The van der Waals surface area contributed by atoms with Crippen LogP contribution in [0.4, 0.5) is 30.8 Å². The first-order chi connectivity index (χ1) is 16.8. The highest BCUT2D eigenvalue weighted by Gasteiger charge is 2.37. The fraction of sp³-hybridized carbons (Fsp3) is 0.238. The van der Waals surface area contributed by atoms with Crippen LogP contribution in [0.2, 0.25) is 0 Å². The van der Waals surface area contributed by atoms with Crippen molar-refractivity contribution in [1.82, 2.24) is 29.7 Å². The zero-order valence-corrected chi connectivity index (χ0v) is 17.8. The number of hydrogen-bond acceptors (Lipinski definition) is 9. The molecule has 1 unspecified atom stereocenters. The number of H-pyrrole nitrogens is 1. The number of rotatable bonds is 6. The van der Waals surface area contributed by atoms with Crippen LogP contribution in [0.25, 0.3) is 16.7 Å². The topological polar surface area (TPSA) is 177 Å². The van der Waals surface area contributed by atoms with Gasteiger partial charge in [0.05, 0.1) is 23.1 Å². The molecule has 1 saturated carbocycles. The van der Waals surface area contributed by atoms with Crippen LogP contribution in [0.1, 0.15) is 42.3 Å². The van der Waals surface area contributed by atoms with E-state index in [1.807, 2.05) is 6.07 Å². The molecule has 0 bridgehead atoms. The van der Waals surface area contributed by atoms with Crippen molar-refractivity contribution in [1.29, 1.82) is 5.26 Å². The minimum Gasteiger partial charge on any atom is -0.382 e. The molecule has 11 nitrogen and oxygen atoms in total. The van der Waals surface area contributed by atoms with E-state index in [2.05, 4.69) is 30.5 Å². The monoisotopic (exact) mass is 482 g/mol. The van der Waals surface area contributed by atoms with Crippen LogP contribution in [-0.2, 0) is 0 Å². The summed E-state index contributed by atoms with van der Waals surface area (Å²) in [4.78, 5) is 25.8. The molecule has 1 aliphatic rings. The molecule has 1 aliphatic carbocycles. The van der Waals surface area contributed by atoms with E-state index in [0.717, 1.165) is 23.5 Å². The van der Waals surface area contributed by atoms with Crippen LogP contribution in [-0.4, -0.2) is 29.7 Å². The summed E-state index contributed by atoms with van der Waals surface area (Å²) in [6.07, 6.45) is -0.241. The highest BCUT2D eigenvalue weighted by atomic mass is 19.3. The maximum absolute atomic E-state index is 14.1. The summed E-state index contributed by atoms with van der Waals surface area (Å²) in [5.41, 5.74) is 9.64. The summed E-state index contributed by atoms with van der Waals surface area (Å²) in [7, 11) is 0. The Balaban J connectivity index is 1.79. The Morgan fingerprint density at radius 2 is 2.00 bits per heavy atom. The van der Waals surface area contributed by atoms with Crippen molar-refractivity contribution in [3.8, 4) is 11.9 Å². The molecule has 178 valence electrons. The van der Waals surface area contributed by atoms with E-state index in [1.165, 1.54) is 12.3 Å². The molecular weight excluding hydrogens is 465 g/mol. The lowest BCUT2D eigenvalue weighted by molar-refractivity contribution is 0.152. The zero-order valence-electron chi connectivity index (χ0n) is 17.8. The molecule has 35 heavy (non-hydrogen) atoms. The van der Waals surface area contributed by atoms with E-state index in [9.17, 15) is 23.2 Å². The van der Waals surface area contributed by atoms with Crippen molar-refractivity contribution < 1.29 is 13.2 Å². The van der Waals surface area contributed by atoms with Gasteiger partial charge in [-0.15, -0.1) is 0 Å². The van der Waals surface area contributed by atoms with Gasteiger partial charge in [0.15, 0.2) is 5.82 Å². The number of fused-ring (bicyclic) bond motifs is 1. The summed E-state index contributed by atoms with van der Waals surface area (Å²) < 4.78 is 42.9. The number of nitrogens with zero attached hydrogens (tertiary/aromatic N) is 6. The first kappa shape index (κ1) is 22.1. The van der Waals surface area contributed by atoms with E-state index in [-0.39, 0.29) is 51.6 Å². The smallest absolute Gasteiger partial charge is 0.267 e. The minimum absolute atomic E-state index is 0.00750. The van der Waals surface area contributed by atoms with Crippen molar-refractivity contribution >= 4 is 28.5 Å². The third-order valence-corrected chi connectivity index (χ3v) is 5.69. The first-order valence-corrected chi connectivity index (χ1v) is 10.4. The fourth-order valence-corrected chi connectivity index (χ4v) is 3.96. The normalized spacial score (nSPS) is 14.3. The highest BCUT2D eigenvalue weighted by Crippen LogP contribution is 2.43. The van der Waals surface area contributed by atoms with E-state index < -0.39 is 29.4 Å². The van der Waals surface area contributed by atoms with E-state index >= 15 is 0 Å². The van der Waals surface area contributed by atoms with Gasteiger partial charge in [-0.25, -0.2) is 22.7 Å². The standard InChI is InChI=1S/C21H17F3N10O/c22-9-5-10(16(23)24)15-11(6-9)20(35)34(13-3-4-28-33-13)19(30-15)14(8-1-2-8)29-18-12(7-25)17(26)31-21(27)32-18/h3-6,8,14,16H,1-2H2,(H,28,33)(H5,26,27,29,31,32). The van der Waals surface area contributed by atoms with E-state index in [0.29, 0.717) is 6.07 Å². The molecule has 0 spiro atoms. The number of benzene rings is 1. The Bertz CT molecular complexity index is 1540. The Kier molecular flexibility index (Phi) is 5.24. The molecule has 0 radical (unpaired) electrons. The SMILES string of the molecule is N#Cc1c(N)nc(N)nc1NC(c1nc2c(C(F)F)cc(F)cc2c(=O)n1-c1ccn[nH]1)C1CC1. The average molecular weight is 482 g/mol. The molecule has 3 heterocycles. The van der Waals surface area contributed by atoms with Crippen LogP contribution >= 0.6 is 0 Å². The summed E-state index contributed by atoms with van der Waals surface area (Å²) >= 11 is 0. The predicted molar refractivity (Wildman–Crippen MR) is 119 cm³/mol. The maximum atomic E-state index is 14.1. The largest absolute Gasteiger partial charge is 0.382 e. The van der Waals surface area contributed by atoms with Gasteiger partial charge in [-0.1, -0.05) is 0 Å². The van der Waals surface area contributed by atoms with Gasteiger partial charge in [0, 0.05) is 11.6 Å². The second-order valence-electron chi connectivity index (χ2n) is 8.01. The van der Waals surface area contributed by atoms with Gasteiger partial charge in [-0.2, -0.15) is 20.3 Å². The molecule has 5 rings (SSSR count). The molecule has 0 aliphatic heterocycles. The van der Waals surface area contributed by atoms with Gasteiger partial charge in [-0.3, -0.25) is 9.89 Å². The van der Waals surface area contributed by atoms with Gasteiger partial charge in [0.1, 0.15) is 34.9 Å². The third kappa shape index (κ3) is 3.86. The number of nitrogens with two attached hydrogens (primary N) is 2. The van der Waals surface area contributed by atoms with Gasteiger partial charge in [0.25, 0.3) is 12.0 Å². The van der Waals surface area contributed by atoms with Crippen LogP contribution in [0.15, 0.2) is 29.2 Å². The lowest BCUT2D eigenvalue weighted by atomic mass is 10.1. The molecular formula is C21H17F3N10O. The molecule has 1 fully saturated rings. The summed E-state index contributed by atoms with van der Waals surface area (Å²) in [5.74, 6) is -1.17. The second kappa shape index (κ2) is 8.28. The summed E-state index contributed by atoms with van der Waals surface area (Å²) in [6.45, 7) is 0. The zero-order chi connectivity index (χ0) is 24.9. The van der Waals surface area contributed by atoms with Crippen LogP contribution in [0.3, 0.4) is 0 Å².